The molecule has 0 saturated carbocycles. The van der Waals surface area contributed by atoms with Gasteiger partial charge in [0, 0.05) is 12.0 Å². The van der Waals surface area contributed by atoms with Gasteiger partial charge in [-0.3, -0.25) is 9.59 Å². The van der Waals surface area contributed by atoms with Crippen molar-refractivity contribution in [1.29, 1.82) is 0 Å². The van der Waals surface area contributed by atoms with Gasteiger partial charge >= 0.3 is 5.97 Å². The van der Waals surface area contributed by atoms with Gasteiger partial charge in [0.2, 0.25) is 0 Å². The van der Waals surface area contributed by atoms with Crippen molar-refractivity contribution in [2.45, 2.75) is 38.8 Å². The van der Waals surface area contributed by atoms with E-state index in [-0.39, 0.29) is 12.0 Å². The Morgan fingerprint density at radius 3 is 2.53 bits per heavy atom. The zero-order valence-electron chi connectivity index (χ0n) is 11.3. The predicted molar refractivity (Wildman–Crippen MR) is 69.2 cm³/mol. The lowest BCUT2D eigenvalue weighted by atomic mass is 10.0. The molecule has 1 atom stereocenters. The summed E-state index contributed by atoms with van der Waals surface area (Å²) in [6, 6.07) is 4.22. The Morgan fingerprint density at radius 1 is 1.37 bits per heavy atom. The lowest BCUT2D eigenvalue weighted by Crippen LogP contribution is -2.38. The van der Waals surface area contributed by atoms with Gasteiger partial charge < -0.3 is 10.5 Å². The summed E-state index contributed by atoms with van der Waals surface area (Å²) in [4.78, 5) is 23.4. The van der Waals surface area contributed by atoms with Crippen molar-refractivity contribution in [2.75, 3.05) is 0 Å². The number of Topliss-reactive ketones (excluding diaryl/α,β-unsaturated/α-hetero) is 1. The molecule has 0 amide bonds. The van der Waals surface area contributed by atoms with Crippen LogP contribution in [-0.4, -0.2) is 23.4 Å². The van der Waals surface area contributed by atoms with Gasteiger partial charge in [0.25, 0.3) is 0 Å². The largest absolute Gasteiger partial charge is 0.459 e. The number of nitrogens with two attached hydrogens (primary N) is 1. The van der Waals surface area contributed by atoms with Crippen molar-refractivity contribution in [3.8, 4) is 0 Å². The van der Waals surface area contributed by atoms with Gasteiger partial charge in [-0.2, -0.15) is 0 Å². The van der Waals surface area contributed by atoms with Crippen LogP contribution in [0, 0.1) is 5.82 Å². The minimum absolute atomic E-state index is 0.194. The van der Waals surface area contributed by atoms with E-state index in [4.69, 9.17) is 10.5 Å². The van der Waals surface area contributed by atoms with E-state index in [0.717, 1.165) is 6.07 Å². The van der Waals surface area contributed by atoms with Crippen molar-refractivity contribution in [3.05, 3.63) is 35.6 Å². The highest BCUT2D eigenvalue weighted by Crippen LogP contribution is 2.11. The highest BCUT2D eigenvalue weighted by atomic mass is 19.1. The summed E-state index contributed by atoms with van der Waals surface area (Å²) in [5.41, 5.74) is 5.15. The van der Waals surface area contributed by atoms with Crippen LogP contribution in [0.2, 0.25) is 0 Å². The van der Waals surface area contributed by atoms with Crippen molar-refractivity contribution in [1.82, 2.24) is 0 Å². The maximum atomic E-state index is 13.0. The van der Waals surface area contributed by atoms with Crippen LogP contribution in [0.3, 0.4) is 0 Å². The molecular formula is C14H18FNO3. The minimum Gasteiger partial charge on any atom is -0.459 e. The minimum atomic E-state index is -1.05. The standard InChI is InChI=1S/C14H18FNO3/c1-14(2,3)19-13(18)11(16)8-12(17)9-5-4-6-10(15)7-9/h4-7,11H,8,16H2,1-3H3. The first kappa shape index (κ1) is 15.3. The molecule has 19 heavy (non-hydrogen) atoms. The lowest BCUT2D eigenvalue weighted by Gasteiger charge is -2.21. The quantitative estimate of drug-likeness (QED) is 0.669. The summed E-state index contributed by atoms with van der Waals surface area (Å²) >= 11 is 0. The van der Waals surface area contributed by atoms with Gasteiger partial charge in [0.05, 0.1) is 0 Å². The molecule has 1 aromatic rings. The maximum absolute atomic E-state index is 13.0. The van der Waals surface area contributed by atoms with Gasteiger partial charge in [-0.15, -0.1) is 0 Å². The molecule has 0 spiro atoms. The number of carbonyl (C=O) groups excluding carboxylic acids is 2. The topological polar surface area (TPSA) is 69.4 Å². The number of ether oxygens (including phenoxy) is 1. The van der Waals surface area contributed by atoms with Gasteiger partial charge in [0.1, 0.15) is 17.5 Å². The summed E-state index contributed by atoms with van der Waals surface area (Å²) in [5, 5.41) is 0. The van der Waals surface area contributed by atoms with Crippen molar-refractivity contribution < 1.29 is 18.7 Å². The SMILES string of the molecule is CC(C)(C)OC(=O)C(N)CC(=O)c1cccc(F)c1. The molecule has 0 bridgehead atoms. The molecule has 104 valence electrons. The fourth-order valence-electron chi connectivity index (χ4n) is 1.44. The number of hydrogen-bond acceptors (Lipinski definition) is 4. The Hall–Kier alpha value is -1.75. The molecule has 0 heterocycles. The number of esters is 1. The third-order valence-corrected chi connectivity index (χ3v) is 2.26. The van der Waals surface area contributed by atoms with Gasteiger partial charge in [-0.05, 0) is 32.9 Å². The van der Waals surface area contributed by atoms with Gasteiger partial charge in [-0.25, -0.2) is 4.39 Å². The molecule has 0 aromatic heterocycles. The predicted octanol–water partition coefficient (Wildman–Crippen LogP) is 2.07. The van der Waals surface area contributed by atoms with Crippen LogP contribution in [0.25, 0.3) is 0 Å². The van der Waals surface area contributed by atoms with E-state index in [2.05, 4.69) is 0 Å². The number of carbonyl (C=O) groups is 2. The van der Waals surface area contributed by atoms with Crippen LogP contribution < -0.4 is 5.73 Å². The fourth-order valence-corrected chi connectivity index (χ4v) is 1.44. The molecular weight excluding hydrogens is 249 g/mol. The number of rotatable bonds is 4. The van der Waals surface area contributed by atoms with E-state index in [1.165, 1.54) is 18.2 Å². The summed E-state index contributed by atoms with van der Waals surface area (Å²) in [7, 11) is 0. The Balaban J connectivity index is 2.64. The number of hydrogen-bond donors (Lipinski definition) is 1. The highest BCUT2D eigenvalue weighted by molar-refractivity contribution is 5.98. The third-order valence-electron chi connectivity index (χ3n) is 2.26. The molecule has 1 rings (SSSR count). The van der Waals surface area contributed by atoms with E-state index in [9.17, 15) is 14.0 Å². The molecule has 1 aromatic carbocycles. The highest BCUT2D eigenvalue weighted by Gasteiger charge is 2.24. The average molecular weight is 267 g/mol. The monoisotopic (exact) mass is 267 g/mol. The van der Waals surface area contributed by atoms with Gasteiger partial charge in [-0.1, -0.05) is 12.1 Å². The fraction of sp³-hybridized carbons (Fsp3) is 0.429. The van der Waals surface area contributed by atoms with E-state index in [1.807, 2.05) is 0 Å². The second-order valence-corrected chi connectivity index (χ2v) is 5.28. The molecule has 0 fully saturated rings. The summed E-state index contributed by atoms with van der Waals surface area (Å²) in [6.07, 6.45) is -0.210. The van der Waals surface area contributed by atoms with Crippen LogP contribution in [0.15, 0.2) is 24.3 Å². The normalized spacial score (nSPS) is 12.9. The van der Waals surface area contributed by atoms with Gasteiger partial charge in [0.15, 0.2) is 5.78 Å². The molecule has 0 aliphatic carbocycles. The number of halogens is 1. The molecule has 0 saturated heterocycles. The van der Waals surface area contributed by atoms with E-state index in [1.54, 1.807) is 20.8 Å². The Labute approximate surface area is 111 Å². The third kappa shape index (κ3) is 5.18. The van der Waals surface area contributed by atoms with Crippen molar-refractivity contribution in [2.24, 2.45) is 5.73 Å². The summed E-state index contributed by atoms with van der Waals surface area (Å²) < 4.78 is 18.0. The molecule has 0 aliphatic rings. The van der Waals surface area contributed by atoms with Crippen molar-refractivity contribution >= 4 is 11.8 Å². The zero-order valence-corrected chi connectivity index (χ0v) is 11.3. The molecule has 0 radical (unpaired) electrons. The van der Waals surface area contributed by atoms with Crippen LogP contribution in [0.1, 0.15) is 37.6 Å². The molecule has 2 N–H and O–H groups in total. The first-order chi connectivity index (χ1) is 8.69. The smallest absolute Gasteiger partial charge is 0.323 e. The second kappa shape index (κ2) is 5.93. The molecule has 5 heteroatoms. The van der Waals surface area contributed by atoms with E-state index >= 15 is 0 Å². The molecule has 0 aliphatic heterocycles. The Morgan fingerprint density at radius 2 is 2.00 bits per heavy atom. The van der Waals surface area contributed by atoms with E-state index in [0.29, 0.717) is 0 Å². The Bertz CT molecular complexity index is 480. The Kier molecular flexibility index (Phi) is 4.78. The van der Waals surface area contributed by atoms with E-state index < -0.39 is 29.2 Å². The van der Waals surface area contributed by atoms with Crippen molar-refractivity contribution in [3.63, 3.8) is 0 Å². The van der Waals surface area contributed by atoms with Crippen LogP contribution in [-0.2, 0) is 9.53 Å². The van der Waals surface area contributed by atoms with Crippen LogP contribution >= 0.6 is 0 Å². The lowest BCUT2D eigenvalue weighted by molar-refractivity contribution is -0.156. The van der Waals surface area contributed by atoms with Crippen LogP contribution in [0.4, 0.5) is 4.39 Å². The maximum Gasteiger partial charge on any atom is 0.323 e. The first-order valence-electron chi connectivity index (χ1n) is 5.96. The summed E-state index contributed by atoms with van der Waals surface area (Å²) in [5.74, 6) is -1.54. The first-order valence-corrected chi connectivity index (χ1v) is 5.96. The summed E-state index contributed by atoms with van der Waals surface area (Å²) in [6.45, 7) is 5.14. The number of benzene rings is 1. The number of ketones is 1. The molecule has 4 nitrogen and oxygen atoms in total. The van der Waals surface area contributed by atoms with Crippen LogP contribution in [0.5, 0.6) is 0 Å². The zero-order chi connectivity index (χ0) is 14.6. The molecule has 1 unspecified atom stereocenters. The average Bonchev–Trinajstić information content (AvgIpc) is 2.26. The second-order valence-electron chi connectivity index (χ2n) is 5.28.